The second-order valence-electron chi connectivity index (χ2n) is 31.5. The summed E-state index contributed by atoms with van der Waals surface area (Å²) in [6.07, 6.45) is -40.4. The molecule has 0 aromatic carbocycles. The topological polar surface area (TPSA) is 492 Å². The number of hydrogen-bond acceptors (Lipinski definition) is 31. The van der Waals surface area contributed by atoms with Crippen molar-refractivity contribution in [3.63, 3.8) is 0 Å². The van der Waals surface area contributed by atoms with Crippen molar-refractivity contribution in [1.82, 2.24) is 0 Å². The molecule has 6 saturated heterocycles. The first-order valence-corrected chi connectivity index (χ1v) is 34.1. The summed E-state index contributed by atoms with van der Waals surface area (Å²) in [6, 6.07) is 0. The number of aliphatic hydroxyl groups excluding tert-OH is 18. The quantitative estimate of drug-likeness (QED) is 0.0392. The van der Waals surface area contributed by atoms with Crippen LogP contribution in [0.25, 0.3) is 0 Å². The Hall–Kier alpha value is -1.95. The van der Waals surface area contributed by atoms with Gasteiger partial charge in [0, 0.05) is 0 Å². The minimum Gasteiger partial charge on any atom is -0.432 e. The first kappa shape index (κ1) is 75.2. The highest BCUT2D eigenvalue weighted by molar-refractivity contribution is 5.79. The van der Waals surface area contributed by atoms with Crippen LogP contribution in [0.2, 0.25) is 0 Å². The van der Waals surface area contributed by atoms with Crippen LogP contribution in [0.15, 0.2) is 11.6 Å². The summed E-state index contributed by atoms with van der Waals surface area (Å²) >= 11 is 0. The van der Waals surface area contributed by atoms with E-state index in [1.807, 2.05) is 0 Å². The van der Waals surface area contributed by atoms with Gasteiger partial charge in [0.25, 0.3) is 0 Å². The summed E-state index contributed by atoms with van der Waals surface area (Å²) in [5, 5.41) is 194. The Morgan fingerprint density at radius 3 is 1.66 bits per heavy atom. The zero-order valence-electron chi connectivity index (χ0n) is 55.6. The molecule has 37 atom stereocenters. The maximum absolute atomic E-state index is 15.2. The van der Waals surface area contributed by atoms with Gasteiger partial charge >= 0.3 is 5.97 Å². The van der Waals surface area contributed by atoms with Crippen molar-refractivity contribution in [2.24, 2.45) is 50.2 Å². The average Bonchev–Trinajstić information content (AvgIpc) is 0.676. The molecule has 0 amide bonds. The maximum atomic E-state index is 15.2. The van der Waals surface area contributed by atoms with Gasteiger partial charge in [0.1, 0.15) is 134 Å². The Morgan fingerprint density at radius 1 is 0.490 bits per heavy atom. The largest absolute Gasteiger partial charge is 0.432 e. The fraction of sp³-hybridized carbons (Fsp3) is 0.954. The predicted molar refractivity (Wildman–Crippen MR) is 321 cm³/mol. The van der Waals surface area contributed by atoms with Crippen molar-refractivity contribution in [3.05, 3.63) is 11.6 Å². The van der Waals surface area contributed by atoms with Gasteiger partial charge in [-0.2, -0.15) is 0 Å². The van der Waals surface area contributed by atoms with Gasteiger partial charge < -0.3 is 149 Å². The monoisotopic (exact) mass is 1380 g/mol. The summed E-state index contributed by atoms with van der Waals surface area (Å²) in [4.78, 5) is 15.2. The van der Waals surface area contributed by atoms with Crippen molar-refractivity contribution < 1.29 is 154 Å². The molecule has 11 rings (SSSR count). The Bertz CT molecular complexity index is 2690. The first-order chi connectivity index (χ1) is 45.0. The summed E-state index contributed by atoms with van der Waals surface area (Å²) in [7, 11) is 0. The Morgan fingerprint density at radius 2 is 1.02 bits per heavy atom. The van der Waals surface area contributed by atoms with Crippen molar-refractivity contribution in [3.8, 4) is 0 Å². The van der Waals surface area contributed by atoms with Crippen LogP contribution in [0.5, 0.6) is 0 Å². The van der Waals surface area contributed by atoms with Crippen LogP contribution in [0.3, 0.4) is 0 Å². The zero-order chi connectivity index (χ0) is 70.0. The summed E-state index contributed by atoms with van der Waals surface area (Å²) in [6.45, 7) is 13.9. The normalized spacial score (nSPS) is 54.1. The van der Waals surface area contributed by atoms with Crippen LogP contribution in [0.4, 0.5) is 0 Å². The Kier molecular flexibility index (Phi) is 22.1. The van der Waals surface area contributed by atoms with Crippen molar-refractivity contribution in [1.29, 1.82) is 0 Å². The van der Waals surface area contributed by atoms with Crippen LogP contribution >= 0.6 is 0 Å². The standard InChI is InChI=1S/C65H106O31/c1-25-36(70)51(94-55-48(82)44(78)50(31(22-68)90-55)93-54-46(80)42(76)39(73)30(21-67)89-54)49(83)57(87-25)95-52-37(71)28(69)23-85-58(52)92-35-12-13-62(6)33(61(35,4)5)11-14-64(8)34(62)10-9-26-27-19-60(2,3)15-17-65(27,18-16-63(26,64)7)59(84)96-56-47(81)43(77)40(74)32(91-56)24-86-53-45(79)41(75)38(72)29(20-66)88-53/h9,25,27-58,66-83H,10-24H2,1-8H3/t25-,27+,28-,29+,30+,31+,32-,33-,34+,35-,36-,37+,38-,39-,40+,41-,42-,43-,44-,45-,46-,47-,48+,49-,50+,51+,52-,53-,54-,55-,56+,57-,58-,62+,63-,64-,65-/m0/s1. The molecule has 4 saturated carbocycles. The molecular weight excluding hydrogens is 1280 g/mol. The number of ether oxygens (including phenoxy) is 12. The fourth-order valence-electron chi connectivity index (χ4n) is 19.0. The molecule has 31 heteroatoms. The van der Waals surface area contributed by atoms with E-state index in [4.69, 9.17) is 56.8 Å². The van der Waals surface area contributed by atoms with E-state index in [9.17, 15) is 91.9 Å². The van der Waals surface area contributed by atoms with E-state index in [-0.39, 0.29) is 46.0 Å². The van der Waals surface area contributed by atoms with E-state index in [2.05, 4.69) is 54.5 Å². The van der Waals surface area contributed by atoms with Gasteiger partial charge in [-0.05, 0) is 116 Å². The number of esters is 1. The number of aliphatic hydroxyl groups is 18. The highest BCUT2D eigenvalue weighted by atomic mass is 16.8. The smallest absolute Gasteiger partial charge is 0.315 e. The van der Waals surface area contributed by atoms with E-state index in [1.165, 1.54) is 12.5 Å². The number of allylic oxidation sites excluding steroid dienone is 2. The summed E-state index contributed by atoms with van der Waals surface area (Å²) in [5.74, 6) is -0.639. The molecule has 6 heterocycles. The molecule has 5 aliphatic carbocycles. The van der Waals surface area contributed by atoms with Gasteiger partial charge in [-0.3, -0.25) is 4.79 Å². The van der Waals surface area contributed by atoms with E-state index in [1.54, 1.807) is 0 Å². The summed E-state index contributed by atoms with van der Waals surface area (Å²) < 4.78 is 71.5. The molecule has 31 nitrogen and oxygen atoms in total. The molecule has 0 spiro atoms. The molecule has 6 aliphatic heterocycles. The van der Waals surface area contributed by atoms with Crippen LogP contribution in [-0.4, -0.2) is 315 Å². The zero-order valence-corrected chi connectivity index (χ0v) is 55.6. The molecule has 0 aromatic heterocycles. The van der Waals surface area contributed by atoms with Gasteiger partial charge in [0.2, 0.25) is 6.29 Å². The minimum atomic E-state index is -2.03. The van der Waals surface area contributed by atoms with Crippen LogP contribution < -0.4 is 0 Å². The van der Waals surface area contributed by atoms with E-state index in [0.717, 1.165) is 19.3 Å². The van der Waals surface area contributed by atoms with Crippen LogP contribution in [0, 0.1) is 50.2 Å². The molecule has 96 heavy (non-hydrogen) atoms. The molecule has 0 unspecified atom stereocenters. The van der Waals surface area contributed by atoms with Crippen molar-refractivity contribution in [2.75, 3.05) is 33.0 Å². The predicted octanol–water partition coefficient (Wildman–Crippen LogP) is -4.72. The Balaban J connectivity index is 0.762. The first-order valence-electron chi connectivity index (χ1n) is 34.1. The van der Waals surface area contributed by atoms with Gasteiger partial charge in [0.15, 0.2) is 31.5 Å². The second kappa shape index (κ2) is 28.3. The summed E-state index contributed by atoms with van der Waals surface area (Å²) in [5.41, 5.74) is -1.49. The number of hydrogen-bond donors (Lipinski definition) is 18. The van der Waals surface area contributed by atoms with Gasteiger partial charge in [-0.15, -0.1) is 0 Å². The highest BCUT2D eigenvalue weighted by Crippen LogP contribution is 2.76. The molecule has 0 radical (unpaired) electrons. The fourth-order valence-corrected chi connectivity index (χ4v) is 19.0. The third-order valence-corrected chi connectivity index (χ3v) is 25.2. The molecule has 0 bridgehead atoms. The van der Waals surface area contributed by atoms with E-state index >= 15 is 4.79 Å². The van der Waals surface area contributed by atoms with Gasteiger partial charge in [-0.25, -0.2) is 0 Å². The lowest BCUT2D eigenvalue weighted by atomic mass is 9.33. The minimum absolute atomic E-state index is 0.0759. The van der Waals surface area contributed by atoms with E-state index < -0.39 is 227 Å². The lowest BCUT2D eigenvalue weighted by Crippen LogP contribution is -2.67. The number of rotatable bonds is 16. The van der Waals surface area contributed by atoms with Crippen LogP contribution in [-0.2, 0) is 61.6 Å². The van der Waals surface area contributed by atoms with Crippen molar-refractivity contribution in [2.45, 2.75) is 304 Å². The third kappa shape index (κ3) is 12.9. The van der Waals surface area contributed by atoms with E-state index in [0.29, 0.717) is 44.9 Å². The Labute approximate surface area is 556 Å². The third-order valence-electron chi connectivity index (χ3n) is 25.2. The molecule has 18 N–H and O–H groups in total. The number of carbonyl (C=O) groups excluding carboxylic acids is 1. The van der Waals surface area contributed by atoms with Crippen molar-refractivity contribution >= 4 is 5.97 Å². The molecule has 10 fully saturated rings. The number of fused-ring (bicyclic) bond motifs is 7. The lowest BCUT2D eigenvalue weighted by Gasteiger charge is -2.71. The molecular formula is C65H106O31. The molecule has 552 valence electrons. The van der Waals surface area contributed by atoms with Gasteiger partial charge in [-0.1, -0.05) is 60.1 Å². The second-order valence-corrected chi connectivity index (χ2v) is 31.5. The maximum Gasteiger partial charge on any atom is 0.315 e. The SMILES string of the molecule is C[C@@H]1O[C@@H](O[C@@H]2[C@H](O[C@H]3CC[C@@]4(C)[C@H]5CC=C6[C@H]7CC(C)(C)CC[C@]7(C(=O)O[C@H]7O[C@@H](CO[C@H]8O[C@H](CO)[C@H](O)[C@H](O)[C@@H]8O)[C@@H](O)[C@H](O)[C@@H]7O)CC[C@]6(C)[C@@]5(C)CC[C@H]4C3(C)C)OC[C@H](O)[C@H]2O)[C@@H](O)[C@H](O[C@@H]2O[C@H](CO)[C@@H](O[C@@H]3O[C@H](CO)[C@H](O)[C@H](O)[C@@H]3O)[C@@H](O)[C@H]2O)[C@H]1O. The number of carbonyl (C=O) groups is 1. The average molecular weight is 1380 g/mol. The van der Waals surface area contributed by atoms with Gasteiger partial charge in [0.05, 0.1) is 50.7 Å². The highest BCUT2D eigenvalue weighted by Gasteiger charge is 2.71. The molecule has 0 aromatic rings. The van der Waals surface area contributed by atoms with Crippen LogP contribution in [0.1, 0.15) is 120 Å². The lowest BCUT2D eigenvalue weighted by molar-refractivity contribution is -0.390. The molecule has 11 aliphatic rings.